The summed E-state index contributed by atoms with van der Waals surface area (Å²) in [6.45, 7) is 3.38. The van der Waals surface area contributed by atoms with Crippen molar-refractivity contribution in [1.82, 2.24) is 9.55 Å². The molecule has 0 saturated heterocycles. The van der Waals surface area contributed by atoms with Gasteiger partial charge in [-0.3, -0.25) is 0 Å². The molecule has 0 aliphatic rings. The third kappa shape index (κ3) is 3.12. The van der Waals surface area contributed by atoms with Crippen LogP contribution in [0.4, 0.5) is 0 Å². The van der Waals surface area contributed by atoms with Crippen LogP contribution in [0.15, 0.2) is 48.5 Å². The van der Waals surface area contributed by atoms with Crippen LogP contribution in [0.2, 0.25) is 0 Å². The number of aromatic nitrogens is 2. The summed E-state index contributed by atoms with van der Waals surface area (Å²) in [6.07, 6.45) is 0.706. The summed E-state index contributed by atoms with van der Waals surface area (Å²) >= 11 is 0. The Hall–Kier alpha value is -2.33. The van der Waals surface area contributed by atoms with Gasteiger partial charge in [-0.1, -0.05) is 29.8 Å². The van der Waals surface area contributed by atoms with Crippen LogP contribution in [-0.4, -0.2) is 21.3 Å². The lowest BCUT2D eigenvalue weighted by Crippen LogP contribution is -2.08. The molecule has 1 heterocycles. The van der Waals surface area contributed by atoms with Gasteiger partial charge < -0.3 is 14.4 Å². The molecule has 4 heteroatoms. The van der Waals surface area contributed by atoms with E-state index in [9.17, 15) is 0 Å². The fourth-order valence-electron chi connectivity index (χ4n) is 2.50. The van der Waals surface area contributed by atoms with Crippen molar-refractivity contribution in [1.29, 1.82) is 0 Å². The maximum absolute atomic E-state index is 9.10. The standard InChI is InChI=1S/C18H20N2O2/c1-14-7-9-15(10-8-14)22-13-18-19-16-5-2-3-6-17(16)20(18)11-4-12-21/h2-3,5-10,21H,4,11-13H2,1H3. The molecule has 3 aromatic rings. The van der Waals surface area contributed by atoms with Crippen LogP contribution in [0.5, 0.6) is 5.75 Å². The summed E-state index contributed by atoms with van der Waals surface area (Å²) in [5, 5.41) is 9.10. The van der Waals surface area contributed by atoms with Crippen LogP contribution in [0.3, 0.4) is 0 Å². The molecule has 0 atom stereocenters. The SMILES string of the molecule is Cc1ccc(OCc2nc3ccccc3n2CCCO)cc1. The fraction of sp³-hybridized carbons (Fsp3) is 0.278. The van der Waals surface area contributed by atoms with E-state index in [1.165, 1.54) is 5.56 Å². The van der Waals surface area contributed by atoms with E-state index in [2.05, 4.69) is 22.5 Å². The number of benzene rings is 2. The minimum atomic E-state index is 0.171. The molecule has 0 unspecified atom stereocenters. The number of rotatable bonds is 6. The Morgan fingerprint density at radius 1 is 1.09 bits per heavy atom. The number of para-hydroxylation sites is 2. The van der Waals surface area contributed by atoms with Gasteiger partial charge in [0.2, 0.25) is 0 Å². The zero-order valence-corrected chi connectivity index (χ0v) is 12.7. The average molecular weight is 296 g/mol. The number of imidazole rings is 1. The van der Waals surface area contributed by atoms with Crippen molar-refractivity contribution in [3.05, 3.63) is 59.9 Å². The molecule has 0 spiro atoms. The molecular weight excluding hydrogens is 276 g/mol. The highest BCUT2D eigenvalue weighted by molar-refractivity contribution is 5.75. The molecule has 0 amide bonds. The van der Waals surface area contributed by atoms with Gasteiger partial charge in [0.15, 0.2) is 0 Å². The van der Waals surface area contributed by atoms with E-state index in [1.54, 1.807) is 0 Å². The van der Waals surface area contributed by atoms with Crippen LogP contribution < -0.4 is 4.74 Å². The Labute approximate surface area is 130 Å². The van der Waals surface area contributed by atoms with Gasteiger partial charge in [0.25, 0.3) is 0 Å². The molecule has 0 aliphatic carbocycles. The van der Waals surface area contributed by atoms with Gasteiger partial charge in [-0.15, -0.1) is 0 Å². The van der Waals surface area contributed by atoms with E-state index in [0.717, 1.165) is 29.2 Å². The van der Waals surface area contributed by atoms with Gasteiger partial charge in [-0.2, -0.15) is 0 Å². The molecule has 0 saturated carbocycles. The quantitative estimate of drug-likeness (QED) is 0.759. The highest BCUT2D eigenvalue weighted by Crippen LogP contribution is 2.19. The van der Waals surface area contributed by atoms with Gasteiger partial charge in [0.1, 0.15) is 18.2 Å². The lowest BCUT2D eigenvalue weighted by molar-refractivity contribution is 0.269. The minimum absolute atomic E-state index is 0.171. The third-order valence-electron chi connectivity index (χ3n) is 3.66. The van der Waals surface area contributed by atoms with Gasteiger partial charge in [0, 0.05) is 13.2 Å². The summed E-state index contributed by atoms with van der Waals surface area (Å²) in [5.41, 5.74) is 3.25. The van der Waals surface area contributed by atoms with Crippen molar-refractivity contribution in [3.8, 4) is 5.75 Å². The molecule has 4 nitrogen and oxygen atoms in total. The molecule has 22 heavy (non-hydrogen) atoms. The Balaban J connectivity index is 1.83. The Kier molecular flexibility index (Phi) is 4.39. The van der Waals surface area contributed by atoms with Gasteiger partial charge in [-0.25, -0.2) is 4.98 Å². The number of aryl methyl sites for hydroxylation is 2. The predicted molar refractivity (Wildman–Crippen MR) is 86.9 cm³/mol. The van der Waals surface area contributed by atoms with Gasteiger partial charge in [0.05, 0.1) is 11.0 Å². The van der Waals surface area contributed by atoms with Crippen LogP contribution in [0.1, 0.15) is 17.8 Å². The van der Waals surface area contributed by atoms with Crippen molar-refractivity contribution in [3.63, 3.8) is 0 Å². The monoisotopic (exact) mass is 296 g/mol. The second kappa shape index (κ2) is 6.62. The van der Waals surface area contributed by atoms with Crippen LogP contribution in [0.25, 0.3) is 11.0 Å². The molecule has 114 valence electrons. The maximum atomic E-state index is 9.10. The number of aliphatic hydroxyl groups excluding tert-OH is 1. The zero-order chi connectivity index (χ0) is 15.4. The molecular formula is C18H20N2O2. The normalized spacial score (nSPS) is 11.0. The maximum Gasteiger partial charge on any atom is 0.147 e. The number of hydrogen-bond donors (Lipinski definition) is 1. The number of hydrogen-bond acceptors (Lipinski definition) is 3. The molecule has 3 rings (SSSR count). The van der Waals surface area contributed by atoms with E-state index in [4.69, 9.17) is 9.84 Å². The second-order valence-electron chi connectivity index (χ2n) is 5.35. The van der Waals surface area contributed by atoms with E-state index in [0.29, 0.717) is 13.0 Å². The predicted octanol–water partition coefficient (Wildman–Crippen LogP) is 3.31. The van der Waals surface area contributed by atoms with E-state index >= 15 is 0 Å². The Bertz CT molecular complexity index is 747. The highest BCUT2D eigenvalue weighted by atomic mass is 16.5. The molecule has 2 aromatic carbocycles. The minimum Gasteiger partial charge on any atom is -0.486 e. The molecule has 0 radical (unpaired) electrons. The lowest BCUT2D eigenvalue weighted by atomic mass is 10.2. The first-order chi connectivity index (χ1) is 10.8. The number of ether oxygens (including phenoxy) is 1. The Morgan fingerprint density at radius 3 is 2.64 bits per heavy atom. The van der Waals surface area contributed by atoms with Crippen LogP contribution in [-0.2, 0) is 13.2 Å². The van der Waals surface area contributed by atoms with Crippen LogP contribution >= 0.6 is 0 Å². The third-order valence-corrected chi connectivity index (χ3v) is 3.66. The molecule has 0 aliphatic heterocycles. The van der Waals surface area contributed by atoms with Crippen molar-refractivity contribution >= 4 is 11.0 Å². The first kappa shape index (κ1) is 14.6. The van der Waals surface area contributed by atoms with Gasteiger partial charge >= 0.3 is 0 Å². The number of aliphatic hydroxyl groups is 1. The van der Waals surface area contributed by atoms with E-state index in [1.807, 2.05) is 42.5 Å². The summed E-state index contributed by atoms with van der Waals surface area (Å²) in [7, 11) is 0. The summed E-state index contributed by atoms with van der Waals surface area (Å²) in [4.78, 5) is 4.65. The topological polar surface area (TPSA) is 47.3 Å². The summed E-state index contributed by atoms with van der Waals surface area (Å²) < 4.78 is 7.98. The molecule has 1 aromatic heterocycles. The average Bonchev–Trinajstić information content (AvgIpc) is 2.90. The second-order valence-corrected chi connectivity index (χ2v) is 5.35. The molecule has 0 fully saturated rings. The van der Waals surface area contributed by atoms with Crippen LogP contribution in [0, 0.1) is 6.92 Å². The Morgan fingerprint density at radius 2 is 1.86 bits per heavy atom. The van der Waals surface area contributed by atoms with Crippen molar-refractivity contribution in [2.75, 3.05) is 6.61 Å². The largest absolute Gasteiger partial charge is 0.486 e. The lowest BCUT2D eigenvalue weighted by Gasteiger charge is -2.10. The van der Waals surface area contributed by atoms with E-state index < -0.39 is 0 Å². The van der Waals surface area contributed by atoms with E-state index in [-0.39, 0.29) is 6.61 Å². The zero-order valence-electron chi connectivity index (χ0n) is 12.7. The first-order valence-electron chi connectivity index (χ1n) is 7.52. The van der Waals surface area contributed by atoms with Crippen molar-refractivity contribution < 1.29 is 9.84 Å². The van der Waals surface area contributed by atoms with Crippen molar-refractivity contribution in [2.45, 2.75) is 26.5 Å². The highest BCUT2D eigenvalue weighted by Gasteiger charge is 2.10. The smallest absolute Gasteiger partial charge is 0.147 e. The molecule has 0 bridgehead atoms. The first-order valence-corrected chi connectivity index (χ1v) is 7.52. The summed E-state index contributed by atoms with van der Waals surface area (Å²) in [6, 6.07) is 16.0. The number of fused-ring (bicyclic) bond motifs is 1. The summed E-state index contributed by atoms with van der Waals surface area (Å²) in [5.74, 6) is 1.72. The molecule has 1 N–H and O–H groups in total. The van der Waals surface area contributed by atoms with Crippen molar-refractivity contribution in [2.24, 2.45) is 0 Å². The van der Waals surface area contributed by atoms with Gasteiger partial charge in [-0.05, 0) is 37.6 Å². The number of nitrogens with zero attached hydrogens (tertiary/aromatic N) is 2. The fourth-order valence-corrected chi connectivity index (χ4v) is 2.50.